The molecular weight excluding hydrogens is 346 g/mol. The number of rotatable bonds is 3. The Kier molecular flexibility index (Phi) is 4.29. The molecular formula is C18H15BrClN. The third kappa shape index (κ3) is 2.98. The summed E-state index contributed by atoms with van der Waals surface area (Å²) in [5.74, 6) is 0. The molecule has 2 N–H and O–H groups in total. The fraction of sp³-hybridized carbons (Fsp3) is 0.111. The molecule has 0 aromatic heterocycles. The average Bonchev–Trinajstić information content (AvgIpc) is 2.50. The highest BCUT2D eigenvalue weighted by atomic mass is 79.9. The van der Waals surface area contributed by atoms with E-state index in [1.807, 2.05) is 36.4 Å². The number of hydrogen-bond donors (Lipinski definition) is 1. The average molecular weight is 361 g/mol. The van der Waals surface area contributed by atoms with Crippen molar-refractivity contribution in [2.24, 2.45) is 5.73 Å². The maximum atomic E-state index is 6.44. The molecule has 0 bridgehead atoms. The molecule has 1 atom stereocenters. The second kappa shape index (κ2) is 6.18. The molecule has 0 heterocycles. The second-order valence-electron chi connectivity index (χ2n) is 5.08. The van der Waals surface area contributed by atoms with Gasteiger partial charge in [-0.25, -0.2) is 0 Å². The number of halogens is 2. The minimum atomic E-state index is -0.0806. The van der Waals surface area contributed by atoms with E-state index >= 15 is 0 Å². The van der Waals surface area contributed by atoms with Gasteiger partial charge in [0.1, 0.15) is 0 Å². The topological polar surface area (TPSA) is 26.0 Å². The Morgan fingerprint density at radius 3 is 2.33 bits per heavy atom. The van der Waals surface area contributed by atoms with Gasteiger partial charge in [0.05, 0.1) is 0 Å². The molecule has 3 heteroatoms. The smallest absolute Gasteiger partial charge is 0.0438 e. The number of hydrogen-bond acceptors (Lipinski definition) is 1. The molecule has 21 heavy (non-hydrogen) atoms. The van der Waals surface area contributed by atoms with Gasteiger partial charge in [0.2, 0.25) is 0 Å². The van der Waals surface area contributed by atoms with Gasteiger partial charge in [-0.1, -0.05) is 76.1 Å². The Morgan fingerprint density at radius 1 is 0.905 bits per heavy atom. The highest BCUT2D eigenvalue weighted by Gasteiger charge is 2.13. The van der Waals surface area contributed by atoms with Crippen molar-refractivity contribution >= 4 is 38.3 Å². The molecule has 3 aromatic rings. The monoisotopic (exact) mass is 359 g/mol. The fourth-order valence-electron chi connectivity index (χ4n) is 2.62. The molecule has 0 aliphatic heterocycles. The highest BCUT2D eigenvalue weighted by Crippen LogP contribution is 2.31. The summed E-state index contributed by atoms with van der Waals surface area (Å²) in [5, 5.41) is 3.14. The maximum Gasteiger partial charge on any atom is 0.0438 e. The minimum Gasteiger partial charge on any atom is -0.324 e. The first-order chi connectivity index (χ1) is 10.2. The van der Waals surface area contributed by atoms with E-state index in [1.54, 1.807) is 0 Å². The molecule has 0 aliphatic carbocycles. The zero-order valence-corrected chi connectivity index (χ0v) is 13.7. The van der Waals surface area contributed by atoms with Gasteiger partial charge >= 0.3 is 0 Å². The maximum absolute atomic E-state index is 6.44. The summed E-state index contributed by atoms with van der Waals surface area (Å²) in [4.78, 5) is 0. The molecule has 0 fully saturated rings. The molecule has 0 aliphatic rings. The summed E-state index contributed by atoms with van der Waals surface area (Å²) in [6.45, 7) is 0. The SMILES string of the molecule is NC(Cc1ccccc1Cl)c1ccc(Br)c2ccccc12. The van der Waals surface area contributed by atoms with Crippen molar-refractivity contribution in [1.29, 1.82) is 0 Å². The van der Waals surface area contributed by atoms with E-state index in [1.165, 1.54) is 10.8 Å². The van der Waals surface area contributed by atoms with E-state index in [-0.39, 0.29) is 6.04 Å². The highest BCUT2D eigenvalue weighted by molar-refractivity contribution is 9.10. The van der Waals surface area contributed by atoms with Crippen molar-refractivity contribution in [2.45, 2.75) is 12.5 Å². The minimum absolute atomic E-state index is 0.0806. The first-order valence-electron chi connectivity index (χ1n) is 6.83. The van der Waals surface area contributed by atoms with Crippen LogP contribution in [0, 0.1) is 0 Å². The molecule has 3 aromatic carbocycles. The predicted octanol–water partition coefficient (Wildman–Crippen LogP) is 5.50. The van der Waals surface area contributed by atoms with Crippen molar-refractivity contribution < 1.29 is 0 Å². The zero-order valence-electron chi connectivity index (χ0n) is 11.4. The van der Waals surface area contributed by atoms with Crippen LogP contribution in [0.3, 0.4) is 0 Å². The lowest BCUT2D eigenvalue weighted by Crippen LogP contribution is -2.14. The van der Waals surface area contributed by atoms with Crippen LogP contribution in [0.4, 0.5) is 0 Å². The van der Waals surface area contributed by atoms with Crippen molar-refractivity contribution in [3.63, 3.8) is 0 Å². The van der Waals surface area contributed by atoms with Crippen molar-refractivity contribution in [1.82, 2.24) is 0 Å². The molecule has 0 radical (unpaired) electrons. The second-order valence-corrected chi connectivity index (χ2v) is 6.35. The normalized spacial score (nSPS) is 12.5. The van der Waals surface area contributed by atoms with Gasteiger partial charge in [0.15, 0.2) is 0 Å². The van der Waals surface area contributed by atoms with E-state index in [4.69, 9.17) is 17.3 Å². The van der Waals surface area contributed by atoms with E-state index in [0.29, 0.717) is 0 Å². The first kappa shape index (κ1) is 14.6. The van der Waals surface area contributed by atoms with Crippen molar-refractivity contribution in [3.8, 4) is 0 Å². The van der Waals surface area contributed by atoms with Crippen LogP contribution < -0.4 is 5.73 Å². The molecule has 0 amide bonds. The van der Waals surface area contributed by atoms with E-state index in [2.05, 4.69) is 40.2 Å². The van der Waals surface area contributed by atoms with Gasteiger partial charge in [-0.2, -0.15) is 0 Å². The lowest BCUT2D eigenvalue weighted by atomic mass is 9.95. The molecule has 0 saturated heterocycles. The third-order valence-corrected chi connectivity index (χ3v) is 4.76. The van der Waals surface area contributed by atoms with Crippen LogP contribution in [0.25, 0.3) is 10.8 Å². The van der Waals surface area contributed by atoms with Crippen LogP contribution in [0.15, 0.2) is 65.1 Å². The number of fused-ring (bicyclic) bond motifs is 1. The molecule has 1 nitrogen and oxygen atoms in total. The largest absolute Gasteiger partial charge is 0.324 e. The molecule has 0 spiro atoms. The summed E-state index contributed by atoms with van der Waals surface area (Å²) in [6.07, 6.45) is 0.727. The quantitative estimate of drug-likeness (QED) is 0.656. The van der Waals surface area contributed by atoms with Gasteiger partial charge in [0.25, 0.3) is 0 Å². The van der Waals surface area contributed by atoms with Crippen LogP contribution in [0.5, 0.6) is 0 Å². The Labute approximate surface area is 137 Å². The lowest BCUT2D eigenvalue weighted by Gasteiger charge is -2.16. The molecule has 0 saturated carbocycles. The Hall–Kier alpha value is -1.35. The van der Waals surface area contributed by atoms with E-state index in [9.17, 15) is 0 Å². The van der Waals surface area contributed by atoms with Gasteiger partial charge in [0, 0.05) is 15.5 Å². The Bertz CT molecular complexity index is 785. The van der Waals surface area contributed by atoms with Crippen LogP contribution in [-0.2, 0) is 6.42 Å². The summed E-state index contributed by atoms with van der Waals surface area (Å²) < 4.78 is 1.09. The van der Waals surface area contributed by atoms with Crippen LogP contribution in [0.1, 0.15) is 17.2 Å². The number of nitrogens with two attached hydrogens (primary N) is 1. The Balaban J connectivity index is 2.01. The van der Waals surface area contributed by atoms with Gasteiger partial charge in [-0.05, 0) is 40.5 Å². The van der Waals surface area contributed by atoms with Crippen molar-refractivity contribution in [2.75, 3.05) is 0 Å². The van der Waals surface area contributed by atoms with Gasteiger partial charge in [-0.3, -0.25) is 0 Å². The van der Waals surface area contributed by atoms with Crippen LogP contribution in [0.2, 0.25) is 5.02 Å². The molecule has 106 valence electrons. The number of benzene rings is 3. The van der Waals surface area contributed by atoms with Crippen LogP contribution in [-0.4, -0.2) is 0 Å². The zero-order chi connectivity index (χ0) is 14.8. The van der Waals surface area contributed by atoms with Crippen molar-refractivity contribution in [3.05, 3.63) is 81.3 Å². The molecule has 1 unspecified atom stereocenters. The summed E-state index contributed by atoms with van der Waals surface area (Å²) in [7, 11) is 0. The molecule has 3 rings (SSSR count). The summed E-state index contributed by atoms with van der Waals surface area (Å²) in [6, 6.07) is 20.2. The Morgan fingerprint density at radius 2 is 1.57 bits per heavy atom. The first-order valence-corrected chi connectivity index (χ1v) is 8.00. The van der Waals surface area contributed by atoms with Crippen LogP contribution >= 0.6 is 27.5 Å². The standard InChI is InChI=1S/C18H15BrClN/c19-16-10-9-15(13-6-2-3-7-14(13)16)18(21)11-12-5-1-4-8-17(12)20/h1-10,18H,11,21H2. The van der Waals surface area contributed by atoms with E-state index < -0.39 is 0 Å². The fourth-order valence-corrected chi connectivity index (χ4v) is 3.31. The van der Waals surface area contributed by atoms with E-state index in [0.717, 1.165) is 27.0 Å². The summed E-state index contributed by atoms with van der Waals surface area (Å²) >= 11 is 9.83. The lowest BCUT2D eigenvalue weighted by molar-refractivity contribution is 0.728. The summed E-state index contributed by atoms with van der Waals surface area (Å²) in [5.41, 5.74) is 8.67. The van der Waals surface area contributed by atoms with Gasteiger partial charge in [-0.15, -0.1) is 0 Å². The van der Waals surface area contributed by atoms with Gasteiger partial charge < -0.3 is 5.73 Å². The third-order valence-electron chi connectivity index (χ3n) is 3.70. The predicted molar refractivity (Wildman–Crippen MR) is 93.7 cm³/mol.